The van der Waals surface area contributed by atoms with Crippen molar-refractivity contribution in [1.82, 2.24) is 19.7 Å². The summed E-state index contributed by atoms with van der Waals surface area (Å²) in [5.41, 5.74) is 5.36. The molecule has 5 heteroatoms. The van der Waals surface area contributed by atoms with Crippen molar-refractivity contribution in [2.45, 2.75) is 20.3 Å². The van der Waals surface area contributed by atoms with Gasteiger partial charge in [0, 0.05) is 23.9 Å². The molecular weight excluding hydrogens is 292 g/mol. The minimum atomic E-state index is 0.605. The molecule has 1 aromatic carbocycles. The number of aromatic amines is 1. The predicted molar refractivity (Wildman–Crippen MR) is 91.2 cm³/mol. The van der Waals surface area contributed by atoms with Crippen LogP contribution in [0.25, 0.3) is 22.6 Å². The molecule has 4 nitrogen and oxygen atoms in total. The Balaban J connectivity index is 2.01. The van der Waals surface area contributed by atoms with Crippen molar-refractivity contribution in [3.05, 3.63) is 52.4 Å². The van der Waals surface area contributed by atoms with Gasteiger partial charge in [-0.15, -0.1) is 0 Å². The molecule has 2 aromatic heterocycles. The summed E-state index contributed by atoms with van der Waals surface area (Å²) in [6, 6.07) is 12.6. The molecule has 112 valence electrons. The van der Waals surface area contributed by atoms with Gasteiger partial charge >= 0.3 is 0 Å². The zero-order valence-corrected chi connectivity index (χ0v) is 13.7. The second-order valence-corrected chi connectivity index (χ2v) is 5.68. The lowest BCUT2D eigenvalue weighted by Gasteiger charge is -2.08. The summed E-state index contributed by atoms with van der Waals surface area (Å²) < 4.78 is 2.46. The number of H-pyrrole nitrogens is 1. The van der Waals surface area contributed by atoms with E-state index >= 15 is 0 Å². The summed E-state index contributed by atoms with van der Waals surface area (Å²) in [6.07, 6.45) is 1.05. The van der Waals surface area contributed by atoms with E-state index in [1.807, 2.05) is 24.6 Å². The molecule has 3 aromatic rings. The molecule has 0 radical (unpaired) electrons. The number of nitrogens with zero attached hydrogens (tertiary/aromatic N) is 3. The van der Waals surface area contributed by atoms with Crippen molar-refractivity contribution < 1.29 is 0 Å². The molecule has 2 heterocycles. The van der Waals surface area contributed by atoms with Gasteiger partial charge in [0.15, 0.2) is 10.6 Å². The number of pyridine rings is 1. The van der Waals surface area contributed by atoms with Gasteiger partial charge in [0.2, 0.25) is 0 Å². The molecule has 0 saturated carbocycles. The number of aromatic nitrogens is 4. The fraction of sp³-hybridized carbons (Fsp3) is 0.235. The monoisotopic (exact) mass is 310 g/mol. The van der Waals surface area contributed by atoms with E-state index in [4.69, 9.17) is 17.2 Å². The van der Waals surface area contributed by atoms with Crippen LogP contribution in [0.15, 0.2) is 36.4 Å². The third-order valence-corrected chi connectivity index (χ3v) is 4.23. The van der Waals surface area contributed by atoms with E-state index in [0.717, 1.165) is 34.8 Å². The normalized spacial score (nSPS) is 10.9. The maximum Gasteiger partial charge on any atom is 0.195 e. The standard InChI is InChI=1S/C17H18N4S/c1-4-12-5-7-13(8-6-12)15-10-9-14(11(2)18-15)16-19-20-17(22)21(16)3/h5-10H,4H2,1-3H3,(H,20,22). The van der Waals surface area contributed by atoms with Gasteiger partial charge in [-0.2, -0.15) is 5.10 Å². The fourth-order valence-electron chi connectivity index (χ4n) is 2.46. The fourth-order valence-corrected chi connectivity index (χ4v) is 2.59. The van der Waals surface area contributed by atoms with Crippen LogP contribution in [0.1, 0.15) is 18.2 Å². The van der Waals surface area contributed by atoms with Gasteiger partial charge in [-0.05, 0) is 43.3 Å². The van der Waals surface area contributed by atoms with Crippen LogP contribution in [-0.4, -0.2) is 19.7 Å². The maximum absolute atomic E-state index is 5.17. The molecule has 0 atom stereocenters. The highest BCUT2D eigenvalue weighted by Gasteiger charge is 2.11. The van der Waals surface area contributed by atoms with Crippen LogP contribution < -0.4 is 0 Å². The molecule has 0 unspecified atom stereocenters. The van der Waals surface area contributed by atoms with Crippen molar-refractivity contribution in [3.63, 3.8) is 0 Å². The SMILES string of the molecule is CCc1ccc(-c2ccc(-c3n[nH]c(=S)n3C)c(C)n2)cc1. The molecule has 0 aliphatic carbocycles. The Kier molecular flexibility index (Phi) is 3.90. The van der Waals surface area contributed by atoms with Gasteiger partial charge in [-0.25, -0.2) is 0 Å². The van der Waals surface area contributed by atoms with Crippen molar-refractivity contribution in [3.8, 4) is 22.6 Å². The number of nitrogens with one attached hydrogen (secondary N) is 1. The second-order valence-electron chi connectivity index (χ2n) is 5.29. The smallest absolute Gasteiger partial charge is 0.195 e. The van der Waals surface area contributed by atoms with Gasteiger partial charge in [-0.1, -0.05) is 31.2 Å². The van der Waals surface area contributed by atoms with E-state index in [0.29, 0.717) is 4.77 Å². The molecule has 0 fully saturated rings. The molecule has 22 heavy (non-hydrogen) atoms. The number of hydrogen-bond donors (Lipinski definition) is 1. The quantitative estimate of drug-likeness (QED) is 0.742. The second kappa shape index (κ2) is 5.85. The first-order valence-corrected chi connectivity index (χ1v) is 7.69. The van der Waals surface area contributed by atoms with Crippen LogP contribution in [0.5, 0.6) is 0 Å². The molecule has 0 aliphatic rings. The largest absolute Gasteiger partial charge is 0.303 e. The highest BCUT2D eigenvalue weighted by Crippen LogP contribution is 2.24. The Morgan fingerprint density at radius 2 is 1.86 bits per heavy atom. The van der Waals surface area contributed by atoms with Gasteiger partial charge in [-0.3, -0.25) is 10.1 Å². The summed E-state index contributed by atoms with van der Waals surface area (Å²) in [5.74, 6) is 0.808. The third kappa shape index (κ3) is 2.60. The van der Waals surface area contributed by atoms with Crippen molar-refractivity contribution in [2.24, 2.45) is 7.05 Å². The van der Waals surface area contributed by atoms with Gasteiger partial charge in [0.1, 0.15) is 0 Å². The zero-order chi connectivity index (χ0) is 15.7. The number of rotatable bonds is 3. The molecule has 0 aliphatic heterocycles. The Morgan fingerprint density at radius 3 is 2.41 bits per heavy atom. The number of benzene rings is 1. The van der Waals surface area contributed by atoms with E-state index < -0.39 is 0 Å². The summed E-state index contributed by atoms with van der Waals surface area (Å²) in [5, 5.41) is 7.09. The molecule has 3 rings (SSSR count). The number of hydrogen-bond acceptors (Lipinski definition) is 3. The topological polar surface area (TPSA) is 46.5 Å². The highest BCUT2D eigenvalue weighted by molar-refractivity contribution is 7.71. The lowest BCUT2D eigenvalue weighted by Crippen LogP contribution is -1.97. The van der Waals surface area contributed by atoms with E-state index in [9.17, 15) is 0 Å². The lowest BCUT2D eigenvalue weighted by atomic mass is 10.1. The minimum absolute atomic E-state index is 0.605. The van der Waals surface area contributed by atoms with Crippen LogP contribution in [0, 0.1) is 11.7 Å². The molecule has 0 amide bonds. The predicted octanol–water partition coefficient (Wildman–Crippen LogP) is 4.08. The van der Waals surface area contributed by atoms with E-state index in [1.54, 1.807) is 0 Å². The van der Waals surface area contributed by atoms with Crippen LogP contribution in [0.2, 0.25) is 0 Å². The third-order valence-electron chi connectivity index (χ3n) is 3.86. The van der Waals surface area contributed by atoms with E-state index in [1.165, 1.54) is 5.56 Å². The van der Waals surface area contributed by atoms with Gasteiger partial charge in [0.05, 0.1) is 5.69 Å². The first-order chi connectivity index (χ1) is 10.6. The van der Waals surface area contributed by atoms with Gasteiger partial charge < -0.3 is 4.57 Å². The highest BCUT2D eigenvalue weighted by atomic mass is 32.1. The summed E-state index contributed by atoms with van der Waals surface area (Å²) >= 11 is 5.17. The summed E-state index contributed by atoms with van der Waals surface area (Å²) in [6.45, 7) is 4.15. The first-order valence-electron chi connectivity index (χ1n) is 7.29. The minimum Gasteiger partial charge on any atom is -0.303 e. The number of aryl methyl sites for hydroxylation is 2. The van der Waals surface area contributed by atoms with Crippen LogP contribution in [-0.2, 0) is 13.5 Å². The van der Waals surface area contributed by atoms with Crippen molar-refractivity contribution in [1.29, 1.82) is 0 Å². The Bertz CT molecular complexity index is 859. The molecule has 1 N–H and O–H groups in total. The zero-order valence-electron chi connectivity index (χ0n) is 12.9. The molecular formula is C17H18N4S. The van der Waals surface area contributed by atoms with Crippen LogP contribution >= 0.6 is 12.2 Å². The Labute approximate surface area is 134 Å². The Morgan fingerprint density at radius 1 is 1.14 bits per heavy atom. The molecule has 0 saturated heterocycles. The average molecular weight is 310 g/mol. The van der Waals surface area contributed by atoms with Gasteiger partial charge in [0.25, 0.3) is 0 Å². The summed E-state index contributed by atoms with van der Waals surface area (Å²) in [7, 11) is 1.90. The van der Waals surface area contributed by atoms with Crippen LogP contribution in [0.4, 0.5) is 0 Å². The average Bonchev–Trinajstić information content (AvgIpc) is 2.87. The van der Waals surface area contributed by atoms with Crippen LogP contribution in [0.3, 0.4) is 0 Å². The molecule has 0 bridgehead atoms. The van der Waals surface area contributed by atoms with Crippen molar-refractivity contribution in [2.75, 3.05) is 0 Å². The first kappa shape index (κ1) is 14.7. The maximum atomic E-state index is 5.17. The van der Waals surface area contributed by atoms with Crippen molar-refractivity contribution >= 4 is 12.2 Å². The van der Waals surface area contributed by atoms with E-state index in [-0.39, 0.29) is 0 Å². The Hall–Kier alpha value is -2.27. The lowest BCUT2D eigenvalue weighted by molar-refractivity contribution is 0.899. The van der Waals surface area contributed by atoms with E-state index in [2.05, 4.69) is 47.5 Å². The molecule has 0 spiro atoms. The summed E-state index contributed by atoms with van der Waals surface area (Å²) in [4.78, 5) is 4.72.